The summed E-state index contributed by atoms with van der Waals surface area (Å²) >= 11 is 1.53. The van der Waals surface area contributed by atoms with Gasteiger partial charge in [0, 0.05) is 18.0 Å². The van der Waals surface area contributed by atoms with Crippen molar-refractivity contribution in [3.05, 3.63) is 53.6 Å². The average Bonchev–Trinajstić information content (AvgIpc) is 2.21. The number of rotatable bonds is 2. The van der Waals surface area contributed by atoms with Gasteiger partial charge in [0.25, 0.3) is 0 Å². The summed E-state index contributed by atoms with van der Waals surface area (Å²) in [6.07, 6.45) is 0. The average molecular weight is 189 g/mol. The summed E-state index contributed by atoms with van der Waals surface area (Å²) in [5.74, 6) is 0. The predicted octanol–water partition coefficient (Wildman–Crippen LogP) is 3.09. The molecule has 0 fully saturated rings. The van der Waals surface area contributed by atoms with Crippen molar-refractivity contribution in [2.24, 2.45) is 4.99 Å². The Balaban J connectivity index is 2.86. The van der Waals surface area contributed by atoms with Crippen molar-refractivity contribution < 1.29 is 0 Å². The molecule has 0 aliphatic rings. The van der Waals surface area contributed by atoms with Gasteiger partial charge >= 0.3 is 0 Å². The molecule has 0 radical (unpaired) electrons. The van der Waals surface area contributed by atoms with Gasteiger partial charge in [-0.15, -0.1) is 5.73 Å². The van der Waals surface area contributed by atoms with Crippen molar-refractivity contribution in [1.82, 2.24) is 0 Å². The molecule has 0 atom stereocenters. The van der Waals surface area contributed by atoms with Crippen molar-refractivity contribution in [2.75, 3.05) is 7.05 Å². The summed E-state index contributed by atoms with van der Waals surface area (Å²) < 4.78 is 0. The van der Waals surface area contributed by atoms with Gasteiger partial charge in [0.2, 0.25) is 0 Å². The minimum atomic E-state index is 0.983. The Morgan fingerprint density at radius 2 is 2.15 bits per heavy atom. The third-order valence-electron chi connectivity index (χ3n) is 1.48. The van der Waals surface area contributed by atoms with Crippen molar-refractivity contribution >= 4 is 16.8 Å². The van der Waals surface area contributed by atoms with E-state index in [2.05, 4.69) is 17.3 Å². The Kier molecular flexibility index (Phi) is 4.10. The predicted molar refractivity (Wildman–Crippen MR) is 60.2 cm³/mol. The molecule has 0 spiro atoms. The second-order valence-electron chi connectivity index (χ2n) is 2.33. The van der Waals surface area contributed by atoms with Crippen molar-refractivity contribution in [2.45, 2.75) is 0 Å². The van der Waals surface area contributed by atoms with Gasteiger partial charge in [0.05, 0.1) is 0 Å². The highest BCUT2D eigenvalue weighted by Gasteiger charge is 1.98. The lowest BCUT2D eigenvalue weighted by Gasteiger charge is -2.00. The maximum Gasteiger partial charge on any atom is 0.102 e. The molecule has 0 amide bonds. The number of thioether (sulfide) groups is 1. The first-order valence-electron chi connectivity index (χ1n) is 3.91. The first-order valence-corrected chi connectivity index (χ1v) is 4.79. The highest BCUT2D eigenvalue weighted by atomic mass is 32.2. The maximum atomic E-state index is 4.18. The zero-order valence-corrected chi connectivity index (χ0v) is 8.34. The summed E-state index contributed by atoms with van der Waals surface area (Å²) in [7, 11) is 1.78. The van der Waals surface area contributed by atoms with Gasteiger partial charge in [0.1, 0.15) is 5.04 Å². The Morgan fingerprint density at radius 1 is 1.46 bits per heavy atom. The van der Waals surface area contributed by atoms with Crippen LogP contribution in [0.1, 0.15) is 5.56 Å². The minimum Gasteiger partial charge on any atom is -0.281 e. The lowest BCUT2D eigenvalue weighted by atomic mass is 10.2. The van der Waals surface area contributed by atoms with Gasteiger partial charge in [-0.3, -0.25) is 4.99 Å². The molecule has 0 bridgehead atoms. The van der Waals surface area contributed by atoms with Crippen LogP contribution in [0, 0.1) is 0 Å². The molecule has 66 valence electrons. The number of aliphatic imine (C=N–C) groups is 1. The molecule has 1 nitrogen and oxygen atoms in total. The quantitative estimate of drug-likeness (QED) is 0.395. The zero-order valence-electron chi connectivity index (χ0n) is 7.53. The molecular weight excluding hydrogens is 178 g/mol. The third-order valence-corrected chi connectivity index (χ3v) is 2.40. The summed E-state index contributed by atoms with van der Waals surface area (Å²) in [4.78, 5) is 4.18. The summed E-state index contributed by atoms with van der Waals surface area (Å²) in [5.41, 5.74) is 3.84. The maximum absolute atomic E-state index is 4.18. The second-order valence-corrected chi connectivity index (χ2v) is 3.19. The number of benzene rings is 1. The lowest BCUT2D eigenvalue weighted by Crippen LogP contribution is -1.92. The summed E-state index contributed by atoms with van der Waals surface area (Å²) in [5, 5.41) is 2.78. The fourth-order valence-corrected chi connectivity index (χ4v) is 1.50. The first kappa shape index (κ1) is 9.85. The van der Waals surface area contributed by atoms with Crippen LogP contribution in [0.5, 0.6) is 0 Å². The molecule has 0 saturated carbocycles. The molecule has 1 aromatic carbocycles. The monoisotopic (exact) mass is 189 g/mol. The smallest absolute Gasteiger partial charge is 0.102 e. The standard InChI is InChI=1S/C11H11NS/c1-3-9-13-11(12-2)10-7-5-4-6-8-10/h4-9H,1H2,2H3. The van der Waals surface area contributed by atoms with Crippen LogP contribution >= 0.6 is 11.8 Å². The zero-order chi connectivity index (χ0) is 9.52. The molecule has 1 aromatic rings. The molecule has 0 aliphatic heterocycles. The van der Waals surface area contributed by atoms with Crippen LogP contribution in [0.15, 0.2) is 53.0 Å². The van der Waals surface area contributed by atoms with E-state index in [1.54, 1.807) is 12.5 Å². The van der Waals surface area contributed by atoms with Gasteiger partial charge in [-0.05, 0) is 0 Å². The Hall–Kier alpha value is -1.24. The molecule has 1 rings (SSSR count). The van der Waals surface area contributed by atoms with Crippen LogP contribution in [0.25, 0.3) is 0 Å². The van der Waals surface area contributed by atoms with E-state index in [4.69, 9.17) is 0 Å². The molecule has 2 heteroatoms. The summed E-state index contributed by atoms with van der Waals surface area (Å²) in [6.45, 7) is 3.50. The van der Waals surface area contributed by atoms with Crippen LogP contribution in [0.2, 0.25) is 0 Å². The molecule has 0 N–H and O–H groups in total. The first-order chi connectivity index (χ1) is 6.38. The molecule has 0 saturated heterocycles. The van der Waals surface area contributed by atoms with Gasteiger partial charge in [-0.2, -0.15) is 0 Å². The van der Waals surface area contributed by atoms with Gasteiger partial charge in [-0.25, -0.2) is 0 Å². The molecule has 0 aliphatic carbocycles. The number of hydrogen-bond donors (Lipinski definition) is 0. The van der Waals surface area contributed by atoms with Crippen molar-refractivity contribution in [3.8, 4) is 0 Å². The fourth-order valence-electron chi connectivity index (χ4n) is 0.928. The fraction of sp³-hybridized carbons (Fsp3) is 0.0909. The second kappa shape index (κ2) is 5.41. The van der Waals surface area contributed by atoms with Crippen LogP contribution in [-0.4, -0.2) is 12.1 Å². The Labute approximate surface area is 82.9 Å². The van der Waals surface area contributed by atoms with E-state index >= 15 is 0 Å². The van der Waals surface area contributed by atoms with E-state index in [9.17, 15) is 0 Å². The van der Waals surface area contributed by atoms with E-state index in [0.29, 0.717) is 0 Å². The van der Waals surface area contributed by atoms with Crippen molar-refractivity contribution in [1.29, 1.82) is 0 Å². The van der Waals surface area contributed by atoms with Crippen LogP contribution < -0.4 is 0 Å². The molecular formula is C11H11NS. The highest BCUT2D eigenvalue weighted by molar-refractivity contribution is 8.16. The molecule has 0 heterocycles. The largest absolute Gasteiger partial charge is 0.281 e. The van der Waals surface area contributed by atoms with E-state index in [1.807, 2.05) is 30.3 Å². The van der Waals surface area contributed by atoms with E-state index in [1.165, 1.54) is 11.8 Å². The molecule has 0 unspecified atom stereocenters. The van der Waals surface area contributed by atoms with Crippen LogP contribution in [-0.2, 0) is 0 Å². The third kappa shape index (κ3) is 2.94. The van der Waals surface area contributed by atoms with Crippen LogP contribution in [0.3, 0.4) is 0 Å². The van der Waals surface area contributed by atoms with E-state index < -0.39 is 0 Å². The van der Waals surface area contributed by atoms with Gasteiger partial charge in [0.15, 0.2) is 0 Å². The highest BCUT2D eigenvalue weighted by Crippen LogP contribution is 2.13. The van der Waals surface area contributed by atoms with Gasteiger partial charge in [-0.1, -0.05) is 48.7 Å². The summed E-state index contributed by atoms with van der Waals surface area (Å²) in [6, 6.07) is 10.1. The van der Waals surface area contributed by atoms with Gasteiger partial charge < -0.3 is 0 Å². The van der Waals surface area contributed by atoms with E-state index in [0.717, 1.165) is 10.6 Å². The van der Waals surface area contributed by atoms with Crippen molar-refractivity contribution in [3.63, 3.8) is 0 Å². The number of hydrogen-bond acceptors (Lipinski definition) is 2. The topological polar surface area (TPSA) is 12.4 Å². The SMILES string of the molecule is C=C=CSC(=NC)c1ccccc1. The minimum absolute atomic E-state index is 0.983. The molecule has 13 heavy (non-hydrogen) atoms. The number of nitrogens with zero attached hydrogens (tertiary/aromatic N) is 1. The lowest BCUT2D eigenvalue weighted by molar-refractivity contribution is 1.45. The normalized spacial score (nSPS) is 10.7. The molecule has 0 aromatic heterocycles. The van der Waals surface area contributed by atoms with Crippen LogP contribution in [0.4, 0.5) is 0 Å². The Morgan fingerprint density at radius 3 is 2.69 bits per heavy atom. The Bertz CT molecular complexity index is 334. The van der Waals surface area contributed by atoms with E-state index in [-0.39, 0.29) is 0 Å².